The molecule has 2 saturated heterocycles. The molecule has 0 amide bonds. The maximum Gasteiger partial charge on any atom is 0.214 e. The zero-order chi connectivity index (χ0) is 30.4. The highest BCUT2D eigenvalue weighted by molar-refractivity contribution is 7.93. The van der Waals surface area contributed by atoms with E-state index in [2.05, 4.69) is 21.0 Å². The summed E-state index contributed by atoms with van der Waals surface area (Å²) < 4.78 is 41.6. The SMILES string of the molecule is Cc1cc(Oc2ccccc2F)ccc1-n1ncc(C(=O)c2cc3cc(N4CCOCC4)c(N4CCC[S+]4[O-])cc3[nH]2)c1N. The molecule has 3 aromatic carbocycles. The molecule has 1 atom stereocenters. The Balaban J connectivity index is 1.19. The maximum absolute atomic E-state index is 14.1. The van der Waals surface area contributed by atoms with Crippen LogP contribution in [0, 0.1) is 12.7 Å². The van der Waals surface area contributed by atoms with Crippen LogP contribution in [0.25, 0.3) is 16.6 Å². The predicted octanol–water partition coefficient (Wildman–Crippen LogP) is 5.12. The van der Waals surface area contributed by atoms with Gasteiger partial charge in [0.2, 0.25) is 5.78 Å². The summed E-state index contributed by atoms with van der Waals surface area (Å²) in [5.74, 6) is 0.680. The summed E-state index contributed by atoms with van der Waals surface area (Å²) in [6, 6.07) is 17.3. The van der Waals surface area contributed by atoms with Gasteiger partial charge in [-0.05, 0) is 61.0 Å². The van der Waals surface area contributed by atoms with Gasteiger partial charge in [-0.2, -0.15) is 9.40 Å². The monoisotopic (exact) mass is 614 g/mol. The third-order valence-electron chi connectivity index (χ3n) is 8.02. The number of hydrogen-bond donors (Lipinski definition) is 2. The molecule has 0 saturated carbocycles. The van der Waals surface area contributed by atoms with Crippen molar-refractivity contribution >= 4 is 45.2 Å². The van der Waals surface area contributed by atoms with Crippen molar-refractivity contribution in [3.05, 3.63) is 89.5 Å². The number of nitrogens with zero attached hydrogens (tertiary/aromatic N) is 4. The second-order valence-electron chi connectivity index (χ2n) is 10.9. The number of anilines is 3. The number of para-hydroxylation sites is 1. The maximum atomic E-state index is 14.1. The van der Waals surface area contributed by atoms with Crippen molar-refractivity contribution in [3.8, 4) is 17.2 Å². The Morgan fingerprint density at radius 1 is 1.07 bits per heavy atom. The van der Waals surface area contributed by atoms with Crippen molar-refractivity contribution < 1.29 is 23.2 Å². The number of aromatic amines is 1. The number of fused-ring (bicyclic) bond motifs is 1. The van der Waals surface area contributed by atoms with Gasteiger partial charge in [0, 0.05) is 30.4 Å². The summed E-state index contributed by atoms with van der Waals surface area (Å²) in [5, 5.41) is 5.29. The molecule has 0 bridgehead atoms. The number of carbonyl (C=O) groups excluding carboxylic acids is 1. The number of carbonyl (C=O) groups is 1. The lowest BCUT2D eigenvalue weighted by atomic mass is 10.1. The number of morpholine rings is 1. The van der Waals surface area contributed by atoms with Crippen LogP contribution in [0.2, 0.25) is 0 Å². The van der Waals surface area contributed by atoms with E-state index in [9.17, 15) is 13.7 Å². The number of halogens is 1. The van der Waals surface area contributed by atoms with Crippen LogP contribution >= 0.6 is 0 Å². The summed E-state index contributed by atoms with van der Waals surface area (Å²) >= 11 is -1.09. The average Bonchev–Trinajstić information content (AvgIpc) is 3.76. The van der Waals surface area contributed by atoms with Crippen molar-refractivity contribution in [3.63, 3.8) is 0 Å². The highest BCUT2D eigenvalue weighted by Gasteiger charge is 2.31. The molecule has 0 spiro atoms. The Bertz CT molecular complexity index is 1870. The molecule has 7 rings (SSSR count). The van der Waals surface area contributed by atoms with E-state index in [0.717, 1.165) is 47.4 Å². The summed E-state index contributed by atoms with van der Waals surface area (Å²) in [6.07, 6.45) is 2.33. The van der Waals surface area contributed by atoms with E-state index in [1.54, 1.807) is 36.4 Å². The summed E-state index contributed by atoms with van der Waals surface area (Å²) in [5.41, 5.74) is 11.2. The minimum absolute atomic E-state index is 0.127. The van der Waals surface area contributed by atoms with Crippen LogP contribution in [-0.2, 0) is 16.1 Å². The van der Waals surface area contributed by atoms with Crippen LogP contribution in [0.5, 0.6) is 11.5 Å². The largest absolute Gasteiger partial charge is 0.593 e. The molecule has 10 nitrogen and oxygen atoms in total. The quantitative estimate of drug-likeness (QED) is 0.191. The minimum Gasteiger partial charge on any atom is -0.593 e. The lowest BCUT2D eigenvalue weighted by Crippen LogP contribution is -2.37. The first kappa shape index (κ1) is 28.3. The smallest absolute Gasteiger partial charge is 0.214 e. The standard InChI is InChI=1S/C32H31FN6O4S/c1-20-15-22(43-30-6-3-2-5-24(30)33)7-8-27(20)39-32(34)23(19-35-39)31(40)26-16-21-17-28(37-10-12-42-13-11-37)29(18-25(21)36-26)38-9-4-14-44(38)41/h2-3,5-8,15-19,36H,4,9-14,34H2,1H3. The van der Waals surface area contributed by atoms with E-state index in [1.165, 1.54) is 16.9 Å². The number of hydrogen-bond acceptors (Lipinski definition) is 8. The number of rotatable bonds is 7. The average molecular weight is 615 g/mol. The van der Waals surface area contributed by atoms with E-state index >= 15 is 0 Å². The normalized spacial score (nSPS) is 17.0. The van der Waals surface area contributed by atoms with Gasteiger partial charge >= 0.3 is 0 Å². The Kier molecular flexibility index (Phi) is 7.40. The molecule has 2 fully saturated rings. The van der Waals surface area contributed by atoms with E-state index in [1.807, 2.05) is 23.4 Å². The minimum atomic E-state index is -1.09. The van der Waals surface area contributed by atoms with Gasteiger partial charge < -0.3 is 29.6 Å². The molecule has 4 heterocycles. The van der Waals surface area contributed by atoms with Crippen LogP contribution in [0.15, 0.2) is 66.9 Å². The zero-order valence-electron chi connectivity index (χ0n) is 24.1. The molecule has 2 aliphatic rings. The predicted molar refractivity (Wildman–Crippen MR) is 169 cm³/mol. The Labute approximate surface area is 256 Å². The topological polar surface area (TPSA) is 125 Å². The van der Waals surface area contributed by atoms with E-state index in [0.29, 0.717) is 42.6 Å². The molecule has 2 aromatic heterocycles. The number of ether oxygens (including phenoxy) is 2. The molecule has 0 aliphatic carbocycles. The second-order valence-corrected chi connectivity index (χ2v) is 12.3. The zero-order valence-corrected chi connectivity index (χ0v) is 24.9. The Hall–Kier alpha value is -4.52. The van der Waals surface area contributed by atoms with Gasteiger partial charge in [0.25, 0.3) is 0 Å². The molecule has 3 N–H and O–H groups in total. The molecule has 5 aromatic rings. The molecule has 1 unspecified atom stereocenters. The highest BCUT2D eigenvalue weighted by Crippen LogP contribution is 2.38. The number of H-pyrrole nitrogens is 1. The van der Waals surface area contributed by atoms with Gasteiger partial charge in [0.05, 0.1) is 59.9 Å². The third-order valence-corrected chi connectivity index (χ3v) is 9.53. The van der Waals surface area contributed by atoms with Crippen molar-refractivity contribution in [2.75, 3.05) is 53.5 Å². The first-order valence-electron chi connectivity index (χ1n) is 14.4. The summed E-state index contributed by atoms with van der Waals surface area (Å²) in [6.45, 7) is 5.30. The van der Waals surface area contributed by atoms with Crippen molar-refractivity contribution in [2.24, 2.45) is 0 Å². The highest BCUT2D eigenvalue weighted by atomic mass is 32.2. The van der Waals surface area contributed by atoms with Gasteiger partial charge in [-0.15, -0.1) is 0 Å². The number of nitrogens with one attached hydrogen (secondary N) is 1. The van der Waals surface area contributed by atoms with Crippen molar-refractivity contribution in [1.29, 1.82) is 0 Å². The Morgan fingerprint density at radius 3 is 2.64 bits per heavy atom. The number of aromatic nitrogens is 3. The first-order chi connectivity index (χ1) is 21.4. The van der Waals surface area contributed by atoms with Crippen molar-refractivity contribution in [2.45, 2.75) is 13.3 Å². The summed E-state index contributed by atoms with van der Waals surface area (Å²) in [4.78, 5) is 19.2. The number of aryl methyl sites for hydroxylation is 1. The molecule has 2 aliphatic heterocycles. The lowest BCUT2D eigenvalue weighted by molar-refractivity contribution is 0.103. The molecule has 12 heteroatoms. The van der Waals surface area contributed by atoms with Crippen LogP contribution in [-0.4, -0.2) is 63.7 Å². The molecule has 226 valence electrons. The van der Waals surface area contributed by atoms with Gasteiger partial charge in [-0.25, -0.2) is 9.07 Å². The number of nitrogen functional groups attached to an aromatic ring is 1. The number of benzene rings is 3. The van der Waals surface area contributed by atoms with Crippen LogP contribution in [0.3, 0.4) is 0 Å². The Morgan fingerprint density at radius 2 is 1.89 bits per heavy atom. The van der Waals surface area contributed by atoms with Gasteiger partial charge in [-0.1, -0.05) is 12.1 Å². The fourth-order valence-corrected chi connectivity index (χ4v) is 7.06. The van der Waals surface area contributed by atoms with Crippen LogP contribution in [0.4, 0.5) is 21.6 Å². The van der Waals surface area contributed by atoms with Crippen LogP contribution in [0.1, 0.15) is 28.0 Å². The number of nitrogens with two attached hydrogens (primary N) is 1. The van der Waals surface area contributed by atoms with Gasteiger partial charge in [-0.3, -0.25) is 4.79 Å². The molecular formula is C32H31FN6O4S. The van der Waals surface area contributed by atoms with Crippen molar-refractivity contribution in [1.82, 2.24) is 14.8 Å². The van der Waals surface area contributed by atoms with Crippen LogP contribution < -0.4 is 19.7 Å². The fraction of sp³-hybridized carbons (Fsp3) is 0.250. The van der Waals surface area contributed by atoms with E-state index in [-0.39, 0.29) is 22.9 Å². The fourth-order valence-electron chi connectivity index (χ4n) is 5.76. The van der Waals surface area contributed by atoms with Gasteiger partial charge in [0.1, 0.15) is 23.0 Å². The van der Waals surface area contributed by atoms with Gasteiger partial charge in [0.15, 0.2) is 11.6 Å². The van der Waals surface area contributed by atoms with E-state index < -0.39 is 17.2 Å². The van der Waals surface area contributed by atoms with E-state index in [4.69, 9.17) is 15.2 Å². The third kappa shape index (κ3) is 5.14. The lowest BCUT2D eigenvalue weighted by Gasteiger charge is -2.32. The first-order valence-corrected chi connectivity index (χ1v) is 15.7. The molecule has 44 heavy (non-hydrogen) atoms. The number of ketones is 1. The molecular weight excluding hydrogens is 583 g/mol. The second kappa shape index (κ2) is 11.5. The molecule has 0 radical (unpaired) electrons. The summed E-state index contributed by atoms with van der Waals surface area (Å²) in [7, 11) is 0.